The van der Waals surface area contributed by atoms with E-state index in [0.717, 1.165) is 58.2 Å². The topological polar surface area (TPSA) is 46.1 Å². The van der Waals surface area contributed by atoms with Gasteiger partial charge in [-0.1, -0.05) is 36.8 Å². The number of aliphatic imine (C=N–C) groups is 1. The van der Waals surface area contributed by atoms with E-state index < -0.39 is 0 Å². The van der Waals surface area contributed by atoms with E-state index in [1.165, 1.54) is 37.9 Å². The van der Waals surface area contributed by atoms with Crippen LogP contribution in [-0.2, 0) is 0 Å². The van der Waals surface area contributed by atoms with Crippen molar-refractivity contribution in [3.05, 3.63) is 35.9 Å². The third-order valence-electron chi connectivity index (χ3n) is 6.19. The predicted molar refractivity (Wildman–Crippen MR) is 138 cm³/mol. The zero-order valence-corrected chi connectivity index (χ0v) is 21.2. The van der Waals surface area contributed by atoms with Crippen LogP contribution in [0.25, 0.3) is 0 Å². The van der Waals surface area contributed by atoms with Gasteiger partial charge in [-0.15, -0.1) is 24.0 Å². The minimum atomic E-state index is 0. The molecule has 2 saturated heterocycles. The molecule has 0 spiro atoms. The fraction of sp³-hybridized carbons (Fsp3) is 0.696. The van der Waals surface area contributed by atoms with Gasteiger partial charge in [0, 0.05) is 58.9 Å². The average molecular weight is 529 g/mol. The molecule has 3 rings (SSSR count). The Morgan fingerprint density at radius 2 is 1.70 bits per heavy atom. The highest BCUT2D eigenvalue weighted by Crippen LogP contribution is 2.24. The van der Waals surface area contributed by atoms with Crippen LogP contribution in [0, 0.1) is 0 Å². The first kappa shape index (κ1) is 25.4. The number of piperidine rings is 1. The molecule has 1 unspecified atom stereocenters. The third kappa shape index (κ3) is 8.32. The summed E-state index contributed by atoms with van der Waals surface area (Å²) in [7, 11) is 4.09. The molecule has 0 aromatic heterocycles. The highest BCUT2D eigenvalue weighted by molar-refractivity contribution is 14.0. The molecular formula is C23H41IN6. The van der Waals surface area contributed by atoms with Crippen molar-refractivity contribution in [2.24, 2.45) is 4.99 Å². The van der Waals surface area contributed by atoms with Crippen molar-refractivity contribution in [2.45, 2.75) is 31.7 Å². The molecule has 0 radical (unpaired) electrons. The Hall–Kier alpha value is -0.900. The minimum Gasteiger partial charge on any atom is -0.356 e. The van der Waals surface area contributed by atoms with Crippen molar-refractivity contribution in [3.63, 3.8) is 0 Å². The Labute approximate surface area is 200 Å². The van der Waals surface area contributed by atoms with Crippen LogP contribution in [0.3, 0.4) is 0 Å². The maximum absolute atomic E-state index is 4.38. The van der Waals surface area contributed by atoms with Gasteiger partial charge in [-0.3, -0.25) is 9.89 Å². The lowest BCUT2D eigenvalue weighted by atomic mass is 10.0. The van der Waals surface area contributed by atoms with Gasteiger partial charge in [0.15, 0.2) is 5.96 Å². The van der Waals surface area contributed by atoms with Gasteiger partial charge in [0.2, 0.25) is 0 Å². The number of likely N-dealkylation sites (tertiary alicyclic amines) is 1. The Bertz CT molecular complexity index is 605. The van der Waals surface area contributed by atoms with Crippen LogP contribution in [0.4, 0.5) is 0 Å². The predicted octanol–water partition coefficient (Wildman–Crippen LogP) is 2.63. The van der Waals surface area contributed by atoms with E-state index in [1.807, 2.05) is 7.05 Å². The molecular weight excluding hydrogens is 487 g/mol. The molecule has 2 N–H and O–H groups in total. The average Bonchev–Trinajstić information content (AvgIpc) is 2.77. The van der Waals surface area contributed by atoms with E-state index in [0.29, 0.717) is 6.04 Å². The van der Waals surface area contributed by atoms with Crippen LogP contribution in [0.5, 0.6) is 0 Å². The number of nitrogens with zero attached hydrogens (tertiary/aromatic N) is 4. The Kier molecular flexibility index (Phi) is 12.0. The van der Waals surface area contributed by atoms with E-state index in [9.17, 15) is 0 Å². The lowest BCUT2D eigenvalue weighted by Gasteiger charge is -2.40. The number of piperazine rings is 1. The van der Waals surface area contributed by atoms with E-state index in [1.54, 1.807) is 0 Å². The summed E-state index contributed by atoms with van der Waals surface area (Å²) in [6.07, 6.45) is 5.22. The maximum Gasteiger partial charge on any atom is 0.191 e. The third-order valence-corrected chi connectivity index (χ3v) is 6.19. The standard InChI is InChI=1S/C23H40N6.HI/c1-24-23(26-13-17-28-14-7-4-8-15-28)25-12-9-16-29-19-18-27(2)20-22(29)21-10-5-3-6-11-21;/h3,5-6,10-11,22H,4,7-9,12-20H2,1-2H3,(H2,24,25,26);1H. The molecule has 2 aliphatic heterocycles. The minimum absolute atomic E-state index is 0. The molecule has 1 aromatic carbocycles. The monoisotopic (exact) mass is 528 g/mol. The molecule has 2 heterocycles. The summed E-state index contributed by atoms with van der Waals surface area (Å²) in [5.41, 5.74) is 1.43. The Balaban J connectivity index is 0.00000320. The van der Waals surface area contributed by atoms with Gasteiger partial charge in [0.1, 0.15) is 0 Å². The van der Waals surface area contributed by atoms with Crippen LogP contribution in [-0.4, -0.2) is 93.7 Å². The molecule has 1 atom stereocenters. The molecule has 1 aromatic rings. The summed E-state index contributed by atoms with van der Waals surface area (Å²) in [4.78, 5) is 12.0. The van der Waals surface area contributed by atoms with Gasteiger partial charge in [-0.05, 0) is 45.0 Å². The van der Waals surface area contributed by atoms with Crippen LogP contribution in [0.1, 0.15) is 37.3 Å². The zero-order chi connectivity index (χ0) is 20.3. The smallest absolute Gasteiger partial charge is 0.191 e. The van der Waals surface area contributed by atoms with Gasteiger partial charge in [-0.25, -0.2) is 0 Å². The lowest BCUT2D eigenvalue weighted by Crippen LogP contribution is -2.47. The lowest BCUT2D eigenvalue weighted by molar-refractivity contribution is 0.0891. The number of halogens is 1. The second kappa shape index (κ2) is 14.2. The molecule has 170 valence electrons. The summed E-state index contributed by atoms with van der Waals surface area (Å²) in [6.45, 7) is 10.0. The summed E-state index contributed by atoms with van der Waals surface area (Å²) in [5.74, 6) is 0.931. The quantitative estimate of drug-likeness (QED) is 0.235. The fourth-order valence-corrected chi connectivity index (χ4v) is 4.44. The second-order valence-electron chi connectivity index (χ2n) is 8.41. The summed E-state index contributed by atoms with van der Waals surface area (Å²) in [6, 6.07) is 11.4. The van der Waals surface area contributed by atoms with E-state index >= 15 is 0 Å². The Morgan fingerprint density at radius 1 is 0.967 bits per heavy atom. The van der Waals surface area contributed by atoms with Crippen molar-refractivity contribution in [1.29, 1.82) is 0 Å². The van der Waals surface area contributed by atoms with Crippen molar-refractivity contribution in [2.75, 3.05) is 73.0 Å². The zero-order valence-electron chi connectivity index (χ0n) is 18.9. The number of nitrogens with one attached hydrogen (secondary N) is 2. The summed E-state index contributed by atoms with van der Waals surface area (Å²) in [5, 5.41) is 6.97. The first-order valence-corrected chi connectivity index (χ1v) is 11.4. The summed E-state index contributed by atoms with van der Waals surface area (Å²) >= 11 is 0. The first-order valence-electron chi connectivity index (χ1n) is 11.4. The van der Waals surface area contributed by atoms with Crippen LogP contribution in [0.15, 0.2) is 35.3 Å². The number of hydrogen-bond donors (Lipinski definition) is 2. The number of benzene rings is 1. The van der Waals surface area contributed by atoms with Crippen LogP contribution >= 0.6 is 24.0 Å². The van der Waals surface area contributed by atoms with Gasteiger partial charge >= 0.3 is 0 Å². The van der Waals surface area contributed by atoms with Gasteiger partial charge < -0.3 is 20.4 Å². The normalized spacial score (nSPS) is 21.8. The number of guanidine groups is 1. The molecule has 0 bridgehead atoms. The molecule has 6 nitrogen and oxygen atoms in total. The molecule has 30 heavy (non-hydrogen) atoms. The van der Waals surface area contributed by atoms with Crippen molar-refractivity contribution >= 4 is 29.9 Å². The first-order chi connectivity index (χ1) is 14.3. The molecule has 2 fully saturated rings. The fourth-order valence-electron chi connectivity index (χ4n) is 4.44. The summed E-state index contributed by atoms with van der Waals surface area (Å²) < 4.78 is 0. The van der Waals surface area contributed by atoms with E-state index in [-0.39, 0.29) is 24.0 Å². The molecule has 7 heteroatoms. The molecule has 0 saturated carbocycles. The molecule has 0 aliphatic carbocycles. The maximum atomic E-state index is 4.38. The number of hydrogen-bond acceptors (Lipinski definition) is 4. The molecule has 0 amide bonds. The highest BCUT2D eigenvalue weighted by Gasteiger charge is 2.25. The van der Waals surface area contributed by atoms with Gasteiger partial charge in [-0.2, -0.15) is 0 Å². The van der Waals surface area contributed by atoms with Crippen LogP contribution < -0.4 is 10.6 Å². The second-order valence-corrected chi connectivity index (χ2v) is 8.41. The van der Waals surface area contributed by atoms with Gasteiger partial charge in [0.25, 0.3) is 0 Å². The van der Waals surface area contributed by atoms with E-state index in [2.05, 4.69) is 67.7 Å². The van der Waals surface area contributed by atoms with Crippen LogP contribution in [0.2, 0.25) is 0 Å². The molecule has 2 aliphatic rings. The van der Waals surface area contributed by atoms with Crippen molar-refractivity contribution in [1.82, 2.24) is 25.3 Å². The van der Waals surface area contributed by atoms with Gasteiger partial charge in [0.05, 0.1) is 0 Å². The largest absolute Gasteiger partial charge is 0.356 e. The number of rotatable bonds is 8. The number of likely N-dealkylation sites (N-methyl/N-ethyl adjacent to an activating group) is 1. The van der Waals surface area contributed by atoms with Crippen molar-refractivity contribution in [3.8, 4) is 0 Å². The van der Waals surface area contributed by atoms with Crippen molar-refractivity contribution < 1.29 is 0 Å². The highest BCUT2D eigenvalue weighted by atomic mass is 127. The van der Waals surface area contributed by atoms with E-state index in [4.69, 9.17) is 0 Å². The SMILES string of the molecule is CN=C(NCCCN1CCN(C)CC1c1ccccc1)NCCN1CCCCC1.I. The Morgan fingerprint density at radius 3 is 2.43 bits per heavy atom.